The number of nitrogens with one attached hydrogen (secondary N) is 1. The van der Waals surface area contributed by atoms with Crippen molar-refractivity contribution in [3.63, 3.8) is 0 Å². The molecule has 0 bridgehead atoms. The Balaban J connectivity index is 2.37. The van der Waals surface area contributed by atoms with Crippen LogP contribution in [0.5, 0.6) is 0 Å². The maximum atomic E-state index is 9.02. The third-order valence-corrected chi connectivity index (χ3v) is 3.28. The third-order valence-electron chi connectivity index (χ3n) is 3.28. The van der Waals surface area contributed by atoms with Crippen molar-refractivity contribution in [1.29, 1.82) is 0 Å². The van der Waals surface area contributed by atoms with Gasteiger partial charge in [-0.1, -0.05) is 13.3 Å². The SMILES string of the molecule is CCCC(CCO)CNCc1cncn1C(C)C. The highest BCUT2D eigenvalue weighted by Gasteiger charge is 2.08. The van der Waals surface area contributed by atoms with Crippen LogP contribution in [0, 0.1) is 5.92 Å². The van der Waals surface area contributed by atoms with Gasteiger partial charge < -0.3 is 15.0 Å². The summed E-state index contributed by atoms with van der Waals surface area (Å²) >= 11 is 0. The molecular formula is C14H27N3O. The zero-order valence-electron chi connectivity index (χ0n) is 11.9. The van der Waals surface area contributed by atoms with Crippen LogP contribution in [0.4, 0.5) is 0 Å². The first kappa shape index (κ1) is 15.2. The van der Waals surface area contributed by atoms with Crippen molar-refractivity contribution in [3.8, 4) is 0 Å². The van der Waals surface area contributed by atoms with Gasteiger partial charge in [-0.05, 0) is 39.2 Å². The Morgan fingerprint density at radius 1 is 1.39 bits per heavy atom. The third kappa shape index (κ3) is 4.78. The largest absolute Gasteiger partial charge is 0.396 e. The number of aliphatic hydroxyl groups excluding tert-OH is 1. The number of aliphatic hydroxyl groups is 1. The summed E-state index contributed by atoms with van der Waals surface area (Å²) in [6, 6.07) is 0.452. The minimum absolute atomic E-state index is 0.288. The van der Waals surface area contributed by atoms with Gasteiger partial charge in [-0.2, -0.15) is 0 Å². The average Bonchev–Trinajstić information content (AvgIpc) is 2.78. The summed E-state index contributed by atoms with van der Waals surface area (Å²) in [7, 11) is 0. The Hall–Kier alpha value is -0.870. The van der Waals surface area contributed by atoms with Crippen LogP contribution >= 0.6 is 0 Å². The monoisotopic (exact) mass is 253 g/mol. The van der Waals surface area contributed by atoms with Crippen molar-refractivity contribution in [2.75, 3.05) is 13.2 Å². The second-order valence-electron chi connectivity index (χ2n) is 5.18. The Morgan fingerprint density at radius 2 is 2.17 bits per heavy atom. The zero-order valence-corrected chi connectivity index (χ0v) is 11.9. The van der Waals surface area contributed by atoms with Gasteiger partial charge in [0.2, 0.25) is 0 Å². The van der Waals surface area contributed by atoms with E-state index >= 15 is 0 Å². The lowest BCUT2D eigenvalue weighted by atomic mass is 10.0. The van der Waals surface area contributed by atoms with Gasteiger partial charge in [0.05, 0.1) is 12.0 Å². The first-order chi connectivity index (χ1) is 8.69. The van der Waals surface area contributed by atoms with Crippen molar-refractivity contribution in [3.05, 3.63) is 18.2 Å². The topological polar surface area (TPSA) is 50.1 Å². The van der Waals surface area contributed by atoms with Gasteiger partial charge in [0.25, 0.3) is 0 Å². The fourth-order valence-electron chi connectivity index (χ4n) is 2.28. The van der Waals surface area contributed by atoms with Crippen LogP contribution in [-0.2, 0) is 6.54 Å². The minimum Gasteiger partial charge on any atom is -0.396 e. The molecule has 1 atom stereocenters. The van der Waals surface area contributed by atoms with E-state index in [0.717, 1.165) is 19.5 Å². The van der Waals surface area contributed by atoms with Gasteiger partial charge in [-0.25, -0.2) is 4.98 Å². The maximum Gasteiger partial charge on any atom is 0.0951 e. The smallest absolute Gasteiger partial charge is 0.0951 e. The lowest BCUT2D eigenvalue weighted by Gasteiger charge is -2.17. The van der Waals surface area contributed by atoms with E-state index in [1.54, 1.807) is 0 Å². The van der Waals surface area contributed by atoms with E-state index in [0.29, 0.717) is 12.0 Å². The van der Waals surface area contributed by atoms with E-state index in [9.17, 15) is 0 Å². The predicted octanol–water partition coefficient (Wildman–Crippen LogP) is 2.35. The molecular weight excluding hydrogens is 226 g/mol. The lowest BCUT2D eigenvalue weighted by molar-refractivity contribution is 0.247. The Kier molecular flexibility index (Phi) is 6.98. The van der Waals surface area contributed by atoms with Gasteiger partial charge in [-0.3, -0.25) is 0 Å². The van der Waals surface area contributed by atoms with E-state index in [4.69, 9.17) is 5.11 Å². The Labute approximate surface area is 110 Å². The molecule has 104 valence electrons. The quantitative estimate of drug-likeness (QED) is 0.710. The standard InChI is InChI=1S/C14H27N3O/c1-4-5-13(6-7-18)8-15-9-14-10-16-11-17(14)12(2)3/h10-13,15,18H,4-9H2,1-3H3. The van der Waals surface area contributed by atoms with Gasteiger partial charge >= 0.3 is 0 Å². The molecule has 0 saturated heterocycles. The molecule has 1 aromatic heterocycles. The van der Waals surface area contributed by atoms with Gasteiger partial charge in [0, 0.05) is 25.4 Å². The summed E-state index contributed by atoms with van der Waals surface area (Å²) in [5.41, 5.74) is 1.23. The molecule has 4 heteroatoms. The van der Waals surface area contributed by atoms with Crippen LogP contribution < -0.4 is 5.32 Å². The molecule has 1 rings (SSSR count). The van der Waals surface area contributed by atoms with Crippen LogP contribution in [0.25, 0.3) is 0 Å². The van der Waals surface area contributed by atoms with Crippen LogP contribution in [0.2, 0.25) is 0 Å². The van der Waals surface area contributed by atoms with E-state index in [2.05, 4.69) is 35.6 Å². The molecule has 0 aliphatic heterocycles. The van der Waals surface area contributed by atoms with E-state index < -0.39 is 0 Å². The summed E-state index contributed by atoms with van der Waals surface area (Å²) in [6.45, 7) is 8.63. The molecule has 0 saturated carbocycles. The van der Waals surface area contributed by atoms with Crippen molar-refractivity contribution < 1.29 is 5.11 Å². The highest BCUT2D eigenvalue weighted by molar-refractivity contribution is 4.99. The number of hydrogen-bond acceptors (Lipinski definition) is 3. The van der Waals surface area contributed by atoms with Crippen LogP contribution in [0.1, 0.15) is 51.8 Å². The Morgan fingerprint density at radius 3 is 2.78 bits per heavy atom. The number of imidazole rings is 1. The summed E-state index contributed by atoms with van der Waals surface area (Å²) < 4.78 is 2.19. The molecule has 1 unspecified atom stereocenters. The van der Waals surface area contributed by atoms with Crippen LogP contribution in [0.15, 0.2) is 12.5 Å². The zero-order chi connectivity index (χ0) is 13.4. The average molecular weight is 253 g/mol. The van der Waals surface area contributed by atoms with Crippen molar-refractivity contribution in [2.45, 2.75) is 52.6 Å². The summed E-state index contributed by atoms with van der Waals surface area (Å²) in [5, 5.41) is 12.5. The van der Waals surface area contributed by atoms with Gasteiger partial charge in [0.1, 0.15) is 0 Å². The first-order valence-electron chi connectivity index (χ1n) is 7.01. The van der Waals surface area contributed by atoms with Crippen LogP contribution in [0.3, 0.4) is 0 Å². The highest BCUT2D eigenvalue weighted by Crippen LogP contribution is 2.11. The summed E-state index contributed by atoms with van der Waals surface area (Å²) in [6.07, 6.45) is 7.06. The molecule has 0 radical (unpaired) electrons. The normalized spacial score (nSPS) is 13.2. The Bertz CT molecular complexity index is 317. The summed E-state index contributed by atoms with van der Waals surface area (Å²) in [4.78, 5) is 4.20. The predicted molar refractivity (Wildman–Crippen MR) is 74.4 cm³/mol. The molecule has 0 aliphatic rings. The molecule has 1 heterocycles. The second-order valence-corrected chi connectivity index (χ2v) is 5.18. The molecule has 0 fully saturated rings. The lowest BCUT2D eigenvalue weighted by Crippen LogP contribution is -2.24. The fourth-order valence-corrected chi connectivity index (χ4v) is 2.28. The molecule has 2 N–H and O–H groups in total. The second kappa shape index (κ2) is 8.27. The highest BCUT2D eigenvalue weighted by atomic mass is 16.3. The molecule has 1 aromatic rings. The number of aromatic nitrogens is 2. The van der Waals surface area contributed by atoms with Crippen molar-refractivity contribution >= 4 is 0 Å². The van der Waals surface area contributed by atoms with Gasteiger partial charge in [0.15, 0.2) is 0 Å². The molecule has 0 aliphatic carbocycles. The maximum absolute atomic E-state index is 9.02. The fraction of sp³-hybridized carbons (Fsp3) is 0.786. The first-order valence-corrected chi connectivity index (χ1v) is 7.01. The summed E-state index contributed by atoms with van der Waals surface area (Å²) in [5.74, 6) is 0.579. The number of nitrogens with zero attached hydrogens (tertiary/aromatic N) is 2. The van der Waals surface area contributed by atoms with E-state index in [1.807, 2.05) is 12.5 Å². The van der Waals surface area contributed by atoms with E-state index in [1.165, 1.54) is 18.5 Å². The van der Waals surface area contributed by atoms with Crippen LogP contribution in [-0.4, -0.2) is 27.8 Å². The molecule has 4 nitrogen and oxygen atoms in total. The van der Waals surface area contributed by atoms with Gasteiger partial charge in [-0.15, -0.1) is 0 Å². The van der Waals surface area contributed by atoms with E-state index in [-0.39, 0.29) is 6.61 Å². The van der Waals surface area contributed by atoms with Crippen molar-refractivity contribution in [2.24, 2.45) is 5.92 Å². The number of hydrogen-bond donors (Lipinski definition) is 2. The molecule has 18 heavy (non-hydrogen) atoms. The minimum atomic E-state index is 0.288. The van der Waals surface area contributed by atoms with Crippen molar-refractivity contribution in [1.82, 2.24) is 14.9 Å². The number of rotatable bonds is 9. The molecule has 0 aromatic carbocycles. The molecule has 0 amide bonds. The molecule has 0 spiro atoms.